The van der Waals surface area contributed by atoms with Gasteiger partial charge in [-0.1, -0.05) is 50.5 Å². The van der Waals surface area contributed by atoms with E-state index in [4.69, 9.17) is 21.4 Å². The van der Waals surface area contributed by atoms with Crippen LogP contribution in [0.5, 0.6) is 0 Å². The van der Waals surface area contributed by atoms with Crippen molar-refractivity contribution in [2.24, 2.45) is 23.7 Å². The van der Waals surface area contributed by atoms with Crippen molar-refractivity contribution in [1.29, 1.82) is 0 Å². The number of alkyl halides is 1. The lowest BCUT2D eigenvalue weighted by molar-refractivity contribution is -0.141. The van der Waals surface area contributed by atoms with Gasteiger partial charge in [-0.2, -0.15) is 0 Å². The van der Waals surface area contributed by atoms with E-state index in [2.05, 4.69) is 6.92 Å². The molecule has 2 rings (SSSR count). The largest absolute Gasteiger partial charge is 0.480 e. The highest BCUT2D eigenvalue weighted by Gasteiger charge is 2.39. The van der Waals surface area contributed by atoms with E-state index in [9.17, 15) is 15.0 Å². The van der Waals surface area contributed by atoms with Crippen molar-refractivity contribution < 1.29 is 24.9 Å². The number of rotatable bonds is 9. The molecule has 6 heteroatoms. The fourth-order valence-corrected chi connectivity index (χ4v) is 4.89. The summed E-state index contributed by atoms with van der Waals surface area (Å²) in [6, 6.07) is 0. The number of carboxylic acid groups (broad SMARTS) is 1. The third kappa shape index (κ3) is 6.90. The van der Waals surface area contributed by atoms with Crippen molar-refractivity contribution in [1.82, 2.24) is 0 Å². The summed E-state index contributed by atoms with van der Waals surface area (Å²) in [4.78, 5) is 10.4. The minimum absolute atomic E-state index is 0.0781. The van der Waals surface area contributed by atoms with Crippen LogP contribution >= 0.6 is 11.6 Å². The SMILES string of the molecule is CC1CCCCC1C(O)/C=C/C1C(O)CC(Cl)C1C/C=C\COCC(=O)O. The molecule has 7 atom stereocenters. The maximum Gasteiger partial charge on any atom is 0.329 e. The Labute approximate surface area is 167 Å². The van der Waals surface area contributed by atoms with Crippen LogP contribution < -0.4 is 0 Å². The van der Waals surface area contributed by atoms with Gasteiger partial charge in [-0.05, 0) is 37.0 Å². The van der Waals surface area contributed by atoms with Gasteiger partial charge in [0.25, 0.3) is 0 Å². The number of aliphatic hydroxyl groups is 2. The fraction of sp³-hybridized carbons (Fsp3) is 0.762. The monoisotopic (exact) mass is 400 g/mol. The summed E-state index contributed by atoms with van der Waals surface area (Å²) in [5.41, 5.74) is 0. The molecule has 0 spiro atoms. The minimum atomic E-state index is -0.987. The van der Waals surface area contributed by atoms with Crippen molar-refractivity contribution >= 4 is 17.6 Å². The number of halogens is 1. The standard InChI is InChI=1S/C21H33ClO5/c1-14-6-2-3-7-15(14)19(23)10-9-17-16(18(22)12-20(17)24)8-4-5-11-27-13-21(25)26/h4-5,9-10,14-20,23-24H,2-3,6-8,11-13H2,1H3,(H,25,26)/b5-4-,10-9+. The van der Waals surface area contributed by atoms with Gasteiger partial charge in [-0.15, -0.1) is 11.6 Å². The molecule has 0 radical (unpaired) electrons. The van der Waals surface area contributed by atoms with Gasteiger partial charge in [0.05, 0.1) is 18.8 Å². The summed E-state index contributed by atoms with van der Waals surface area (Å²) in [6.45, 7) is 2.14. The smallest absolute Gasteiger partial charge is 0.329 e. The number of ether oxygens (including phenoxy) is 1. The average Bonchev–Trinajstić information content (AvgIpc) is 2.89. The lowest BCUT2D eigenvalue weighted by Crippen LogP contribution is -2.28. The molecule has 2 saturated carbocycles. The second-order valence-electron chi connectivity index (χ2n) is 7.98. The molecular weight excluding hydrogens is 368 g/mol. The predicted molar refractivity (Wildman–Crippen MR) is 106 cm³/mol. The van der Waals surface area contributed by atoms with Crippen LogP contribution in [0.3, 0.4) is 0 Å². The maximum atomic E-state index is 10.6. The highest BCUT2D eigenvalue weighted by molar-refractivity contribution is 6.21. The number of aliphatic hydroxyl groups excluding tert-OH is 2. The summed E-state index contributed by atoms with van der Waals surface area (Å²) in [7, 11) is 0. The quantitative estimate of drug-likeness (QED) is 0.314. The number of carbonyl (C=O) groups is 1. The fourth-order valence-electron chi connectivity index (χ4n) is 4.44. The van der Waals surface area contributed by atoms with Crippen molar-refractivity contribution in [3.8, 4) is 0 Å². The molecule has 0 aromatic carbocycles. The van der Waals surface area contributed by atoms with E-state index in [0.29, 0.717) is 24.7 Å². The van der Waals surface area contributed by atoms with Gasteiger partial charge in [0.2, 0.25) is 0 Å². The molecule has 3 N–H and O–H groups in total. The first-order valence-corrected chi connectivity index (χ1v) is 10.5. The van der Waals surface area contributed by atoms with Gasteiger partial charge >= 0.3 is 5.97 Å². The van der Waals surface area contributed by atoms with Crippen LogP contribution in [0.4, 0.5) is 0 Å². The Morgan fingerprint density at radius 2 is 2.04 bits per heavy atom. The molecule has 7 unspecified atom stereocenters. The lowest BCUT2D eigenvalue weighted by Gasteiger charge is -2.31. The van der Waals surface area contributed by atoms with Crippen LogP contribution in [0, 0.1) is 23.7 Å². The van der Waals surface area contributed by atoms with E-state index in [0.717, 1.165) is 6.42 Å². The van der Waals surface area contributed by atoms with Gasteiger partial charge in [-0.3, -0.25) is 0 Å². The summed E-state index contributed by atoms with van der Waals surface area (Å²) < 4.78 is 4.97. The first-order valence-electron chi connectivity index (χ1n) is 10.0. The summed E-state index contributed by atoms with van der Waals surface area (Å²) in [5, 5.41) is 29.4. The van der Waals surface area contributed by atoms with Crippen molar-refractivity contribution in [3.63, 3.8) is 0 Å². The highest BCUT2D eigenvalue weighted by Crippen LogP contribution is 2.40. The number of carboxylic acids is 1. The second-order valence-corrected chi connectivity index (χ2v) is 8.54. The number of hydrogen-bond donors (Lipinski definition) is 3. The summed E-state index contributed by atoms with van der Waals surface area (Å²) in [5.74, 6) is -0.156. The zero-order valence-corrected chi connectivity index (χ0v) is 16.8. The molecule has 0 aromatic rings. The van der Waals surface area contributed by atoms with Crippen LogP contribution in [0.2, 0.25) is 0 Å². The molecule has 0 bridgehead atoms. The van der Waals surface area contributed by atoms with Gasteiger partial charge in [-0.25, -0.2) is 4.79 Å². The Morgan fingerprint density at radius 1 is 1.30 bits per heavy atom. The average molecular weight is 401 g/mol. The molecule has 0 amide bonds. The van der Waals surface area contributed by atoms with Gasteiger partial charge in [0, 0.05) is 11.3 Å². The molecular formula is C21H33ClO5. The van der Waals surface area contributed by atoms with Gasteiger partial charge < -0.3 is 20.1 Å². The molecule has 2 fully saturated rings. The zero-order valence-electron chi connectivity index (χ0n) is 16.0. The van der Waals surface area contributed by atoms with E-state index in [1.54, 1.807) is 6.08 Å². The number of hydrogen-bond acceptors (Lipinski definition) is 4. The van der Waals surface area contributed by atoms with E-state index < -0.39 is 18.2 Å². The van der Waals surface area contributed by atoms with E-state index in [1.165, 1.54) is 19.3 Å². The van der Waals surface area contributed by atoms with E-state index in [-0.39, 0.29) is 30.4 Å². The Balaban J connectivity index is 1.88. The molecule has 27 heavy (non-hydrogen) atoms. The number of allylic oxidation sites excluding steroid dienone is 1. The van der Waals surface area contributed by atoms with Crippen LogP contribution in [0.25, 0.3) is 0 Å². The van der Waals surface area contributed by atoms with Gasteiger partial charge in [0.15, 0.2) is 0 Å². The third-order valence-corrected chi connectivity index (χ3v) is 6.53. The molecule has 2 aliphatic rings. The maximum absolute atomic E-state index is 10.6. The van der Waals surface area contributed by atoms with E-state index in [1.807, 2.05) is 18.2 Å². The first kappa shape index (κ1) is 22.4. The van der Waals surface area contributed by atoms with Crippen molar-refractivity contribution in [2.75, 3.05) is 13.2 Å². The lowest BCUT2D eigenvalue weighted by atomic mass is 9.77. The third-order valence-electron chi connectivity index (χ3n) is 6.03. The molecule has 0 aliphatic heterocycles. The highest BCUT2D eigenvalue weighted by atomic mass is 35.5. The molecule has 154 valence electrons. The normalized spacial score (nSPS) is 35.9. The predicted octanol–water partition coefficient (Wildman–Crippen LogP) is 3.38. The minimum Gasteiger partial charge on any atom is -0.480 e. The van der Waals surface area contributed by atoms with Crippen LogP contribution in [0.1, 0.15) is 45.4 Å². The van der Waals surface area contributed by atoms with Crippen LogP contribution in [-0.2, 0) is 9.53 Å². The molecule has 0 heterocycles. The summed E-state index contributed by atoms with van der Waals surface area (Å²) >= 11 is 6.44. The van der Waals surface area contributed by atoms with Crippen LogP contribution in [0.15, 0.2) is 24.3 Å². The van der Waals surface area contributed by atoms with Crippen molar-refractivity contribution in [3.05, 3.63) is 24.3 Å². The Bertz CT molecular complexity index is 521. The molecule has 0 aromatic heterocycles. The Hall–Kier alpha value is -0.880. The van der Waals surface area contributed by atoms with Crippen LogP contribution in [-0.4, -0.2) is 52.1 Å². The topological polar surface area (TPSA) is 87.0 Å². The molecule has 0 saturated heterocycles. The molecule has 2 aliphatic carbocycles. The molecule has 5 nitrogen and oxygen atoms in total. The Morgan fingerprint density at radius 3 is 2.74 bits per heavy atom. The Kier molecular flexibility index (Phi) is 9.30. The second kappa shape index (κ2) is 11.2. The van der Waals surface area contributed by atoms with E-state index >= 15 is 0 Å². The number of aliphatic carboxylic acids is 1. The van der Waals surface area contributed by atoms with Gasteiger partial charge in [0.1, 0.15) is 6.61 Å². The zero-order chi connectivity index (χ0) is 19.8. The first-order chi connectivity index (χ1) is 12.9. The summed E-state index contributed by atoms with van der Waals surface area (Å²) in [6.07, 6.45) is 12.4. The van der Waals surface area contributed by atoms with Crippen molar-refractivity contribution in [2.45, 2.75) is 63.0 Å².